The molecule has 20 heavy (non-hydrogen) atoms. The SMILES string of the molecule is CCCCCN(C)C(=O)c1sc(NC2CCC2)nc1N. The Morgan fingerprint density at radius 2 is 2.25 bits per heavy atom. The Labute approximate surface area is 124 Å². The molecule has 5 nitrogen and oxygen atoms in total. The maximum Gasteiger partial charge on any atom is 0.267 e. The van der Waals surface area contributed by atoms with Crippen molar-refractivity contribution in [2.45, 2.75) is 51.5 Å². The first-order valence-electron chi connectivity index (χ1n) is 7.40. The Morgan fingerprint density at radius 1 is 1.50 bits per heavy atom. The summed E-state index contributed by atoms with van der Waals surface area (Å²) in [6.45, 7) is 2.93. The van der Waals surface area contributed by atoms with Crippen LogP contribution in [0.4, 0.5) is 10.9 Å². The van der Waals surface area contributed by atoms with Gasteiger partial charge in [0.15, 0.2) is 5.13 Å². The molecule has 1 aromatic rings. The second-order valence-electron chi connectivity index (χ2n) is 5.44. The van der Waals surface area contributed by atoms with Gasteiger partial charge in [-0.15, -0.1) is 0 Å². The van der Waals surface area contributed by atoms with Gasteiger partial charge >= 0.3 is 0 Å². The number of nitrogens with zero attached hydrogens (tertiary/aromatic N) is 2. The molecule has 0 unspecified atom stereocenters. The zero-order valence-electron chi connectivity index (χ0n) is 12.3. The number of nitrogens with one attached hydrogen (secondary N) is 1. The van der Waals surface area contributed by atoms with Crippen LogP contribution in [0.5, 0.6) is 0 Å². The number of aromatic nitrogens is 1. The molecule has 0 radical (unpaired) electrons. The van der Waals surface area contributed by atoms with E-state index >= 15 is 0 Å². The summed E-state index contributed by atoms with van der Waals surface area (Å²) in [7, 11) is 1.83. The summed E-state index contributed by atoms with van der Waals surface area (Å²) < 4.78 is 0. The summed E-state index contributed by atoms with van der Waals surface area (Å²) in [5.41, 5.74) is 5.88. The van der Waals surface area contributed by atoms with Gasteiger partial charge in [0.25, 0.3) is 5.91 Å². The fourth-order valence-electron chi connectivity index (χ4n) is 2.15. The van der Waals surface area contributed by atoms with Crippen LogP contribution in [0.1, 0.15) is 55.1 Å². The first-order valence-corrected chi connectivity index (χ1v) is 8.21. The highest BCUT2D eigenvalue weighted by Crippen LogP contribution is 2.30. The van der Waals surface area contributed by atoms with Crippen molar-refractivity contribution >= 4 is 28.2 Å². The summed E-state index contributed by atoms with van der Waals surface area (Å²) in [6.07, 6.45) is 6.96. The summed E-state index contributed by atoms with van der Waals surface area (Å²) in [4.78, 5) is 18.9. The Bertz CT molecular complexity index is 456. The van der Waals surface area contributed by atoms with Crippen molar-refractivity contribution < 1.29 is 4.79 Å². The number of nitrogen functional groups attached to an aromatic ring is 1. The summed E-state index contributed by atoms with van der Waals surface area (Å²) in [5, 5.41) is 4.12. The fraction of sp³-hybridized carbons (Fsp3) is 0.714. The van der Waals surface area contributed by atoms with Gasteiger partial charge in [0.05, 0.1) is 0 Å². The van der Waals surface area contributed by atoms with Gasteiger partial charge < -0.3 is 16.0 Å². The number of hydrogen-bond donors (Lipinski definition) is 2. The number of rotatable bonds is 7. The van der Waals surface area contributed by atoms with E-state index in [0.29, 0.717) is 16.7 Å². The normalized spacial score (nSPS) is 14.9. The Balaban J connectivity index is 1.94. The molecular formula is C14H24N4OS. The lowest BCUT2D eigenvalue weighted by molar-refractivity contribution is 0.0798. The molecule has 1 saturated carbocycles. The largest absolute Gasteiger partial charge is 0.382 e. The molecule has 1 aliphatic rings. The first-order chi connectivity index (χ1) is 9.61. The maximum atomic E-state index is 12.3. The van der Waals surface area contributed by atoms with E-state index in [-0.39, 0.29) is 5.91 Å². The lowest BCUT2D eigenvalue weighted by Gasteiger charge is -2.25. The molecule has 0 spiro atoms. The van der Waals surface area contributed by atoms with E-state index in [2.05, 4.69) is 17.2 Å². The molecule has 0 atom stereocenters. The molecule has 6 heteroatoms. The highest BCUT2D eigenvalue weighted by atomic mass is 32.1. The number of nitrogens with two attached hydrogens (primary N) is 1. The van der Waals surface area contributed by atoms with Crippen molar-refractivity contribution in [2.24, 2.45) is 0 Å². The number of unbranched alkanes of at least 4 members (excludes halogenated alkanes) is 2. The number of carbonyl (C=O) groups excluding carboxylic acids is 1. The van der Waals surface area contributed by atoms with E-state index < -0.39 is 0 Å². The van der Waals surface area contributed by atoms with Crippen molar-refractivity contribution in [1.82, 2.24) is 9.88 Å². The minimum atomic E-state index is -0.0160. The minimum Gasteiger partial charge on any atom is -0.382 e. The Kier molecular flexibility index (Phi) is 5.23. The third-order valence-electron chi connectivity index (χ3n) is 3.72. The van der Waals surface area contributed by atoms with Crippen LogP contribution in [0.3, 0.4) is 0 Å². The highest BCUT2D eigenvalue weighted by molar-refractivity contribution is 7.18. The van der Waals surface area contributed by atoms with Gasteiger partial charge in [0.2, 0.25) is 0 Å². The molecule has 3 N–H and O–H groups in total. The second kappa shape index (κ2) is 6.92. The van der Waals surface area contributed by atoms with E-state index in [9.17, 15) is 4.79 Å². The zero-order valence-corrected chi connectivity index (χ0v) is 13.1. The van der Waals surface area contributed by atoms with Gasteiger partial charge in [0, 0.05) is 19.6 Å². The predicted molar refractivity (Wildman–Crippen MR) is 84.3 cm³/mol. The van der Waals surface area contributed by atoms with Crippen LogP contribution in [-0.4, -0.2) is 35.4 Å². The predicted octanol–water partition coefficient (Wildman–Crippen LogP) is 2.95. The van der Waals surface area contributed by atoms with Gasteiger partial charge in [-0.2, -0.15) is 0 Å². The van der Waals surface area contributed by atoms with Gasteiger partial charge in [-0.05, 0) is 25.7 Å². The van der Waals surface area contributed by atoms with Gasteiger partial charge in [-0.3, -0.25) is 4.79 Å². The quantitative estimate of drug-likeness (QED) is 0.759. The van der Waals surface area contributed by atoms with E-state index in [1.807, 2.05) is 7.05 Å². The average molecular weight is 296 g/mol. The van der Waals surface area contributed by atoms with Crippen LogP contribution in [0.15, 0.2) is 0 Å². The molecule has 112 valence electrons. The average Bonchev–Trinajstić information content (AvgIpc) is 2.74. The second-order valence-corrected chi connectivity index (χ2v) is 6.44. The maximum absolute atomic E-state index is 12.3. The smallest absolute Gasteiger partial charge is 0.267 e. The van der Waals surface area contributed by atoms with E-state index in [1.54, 1.807) is 4.90 Å². The topological polar surface area (TPSA) is 71.2 Å². The van der Waals surface area contributed by atoms with E-state index in [1.165, 1.54) is 30.6 Å². The van der Waals surface area contributed by atoms with Crippen molar-refractivity contribution in [2.75, 3.05) is 24.6 Å². The fourth-order valence-corrected chi connectivity index (χ4v) is 3.10. The summed E-state index contributed by atoms with van der Waals surface area (Å²) in [6, 6.07) is 0.505. The molecule has 0 bridgehead atoms. The monoisotopic (exact) mass is 296 g/mol. The van der Waals surface area contributed by atoms with Crippen LogP contribution in [0.2, 0.25) is 0 Å². The Hall–Kier alpha value is -1.30. The summed E-state index contributed by atoms with van der Waals surface area (Å²) >= 11 is 1.37. The highest BCUT2D eigenvalue weighted by Gasteiger charge is 2.22. The molecule has 2 rings (SSSR count). The third kappa shape index (κ3) is 3.62. The van der Waals surface area contributed by atoms with Crippen molar-refractivity contribution in [3.05, 3.63) is 4.88 Å². The van der Waals surface area contributed by atoms with Crippen molar-refractivity contribution in [1.29, 1.82) is 0 Å². The van der Waals surface area contributed by atoms with Gasteiger partial charge in [-0.1, -0.05) is 31.1 Å². The van der Waals surface area contributed by atoms with Crippen LogP contribution in [-0.2, 0) is 0 Å². The lowest BCUT2D eigenvalue weighted by Crippen LogP contribution is -2.27. The number of amides is 1. The van der Waals surface area contributed by atoms with Gasteiger partial charge in [-0.25, -0.2) is 4.98 Å². The lowest BCUT2D eigenvalue weighted by atomic mass is 9.93. The van der Waals surface area contributed by atoms with E-state index in [0.717, 1.165) is 30.9 Å². The van der Waals surface area contributed by atoms with Crippen LogP contribution < -0.4 is 11.1 Å². The Morgan fingerprint density at radius 3 is 2.85 bits per heavy atom. The number of carbonyl (C=O) groups is 1. The van der Waals surface area contributed by atoms with Crippen molar-refractivity contribution in [3.8, 4) is 0 Å². The van der Waals surface area contributed by atoms with Gasteiger partial charge in [0.1, 0.15) is 10.7 Å². The van der Waals surface area contributed by atoms with Crippen molar-refractivity contribution in [3.63, 3.8) is 0 Å². The molecule has 0 aromatic carbocycles. The minimum absolute atomic E-state index is 0.0160. The molecule has 0 aliphatic heterocycles. The number of anilines is 2. The molecule has 1 fully saturated rings. The molecule has 1 amide bonds. The van der Waals surface area contributed by atoms with Crippen LogP contribution >= 0.6 is 11.3 Å². The standard InChI is InChI=1S/C14H24N4OS/c1-3-4-5-9-18(2)13(19)11-12(15)17-14(20-11)16-10-7-6-8-10/h10H,3-9,15H2,1-2H3,(H,16,17). The first kappa shape index (κ1) is 15.1. The van der Waals surface area contributed by atoms with Crippen LogP contribution in [0.25, 0.3) is 0 Å². The third-order valence-corrected chi connectivity index (χ3v) is 4.71. The summed E-state index contributed by atoms with van der Waals surface area (Å²) in [5.74, 6) is 0.335. The van der Waals surface area contributed by atoms with E-state index in [4.69, 9.17) is 5.73 Å². The molecule has 1 aromatic heterocycles. The van der Waals surface area contributed by atoms with Crippen LogP contribution in [0, 0.1) is 0 Å². The molecule has 1 heterocycles. The molecule has 0 saturated heterocycles. The number of thiazole rings is 1. The molecular weight excluding hydrogens is 272 g/mol. The molecule has 1 aliphatic carbocycles. The number of hydrogen-bond acceptors (Lipinski definition) is 5. The zero-order chi connectivity index (χ0) is 14.5.